The SMILES string of the molecule is C=CCOC(=O)C1=C[C@H](c2cccc3c2Cc2ccccc2-3)C[C@H](OCCN(CCO)S(=O)(=O)c2ccc(OC)cc2)O1. The van der Waals surface area contributed by atoms with Gasteiger partial charge in [-0.2, -0.15) is 4.31 Å². The van der Waals surface area contributed by atoms with E-state index < -0.39 is 22.3 Å². The van der Waals surface area contributed by atoms with Crippen LogP contribution in [0.25, 0.3) is 11.1 Å². The summed E-state index contributed by atoms with van der Waals surface area (Å²) in [7, 11) is -2.41. The maximum Gasteiger partial charge on any atom is 0.373 e. The first-order valence-corrected chi connectivity index (χ1v) is 15.5. The van der Waals surface area contributed by atoms with E-state index in [0.717, 1.165) is 16.3 Å². The minimum atomic E-state index is -3.91. The van der Waals surface area contributed by atoms with Gasteiger partial charge in [-0.1, -0.05) is 55.1 Å². The van der Waals surface area contributed by atoms with Crippen LogP contribution >= 0.6 is 0 Å². The number of methoxy groups -OCH3 is 1. The van der Waals surface area contributed by atoms with Gasteiger partial charge in [0, 0.05) is 25.4 Å². The first kappa shape index (κ1) is 30.5. The molecule has 1 N–H and O–H groups in total. The second kappa shape index (κ2) is 13.6. The van der Waals surface area contributed by atoms with Crippen LogP contribution in [0.1, 0.15) is 29.0 Å². The fourth-order valence-electron chi connectivity index (χ4n) is 5.50. The summed E-state index contributed by atoms with van der Waals surface area (Å²) in [6.07, 6.45) is 3.62. The Morgan fingerprint density at radius 3 is 2.58 bits per heavy atom. The molecular weight excluding hydrogens is 570 g/mol. The zero-order chi connectivity index (χ0) is 30.4. The average Bonchev–Trinajstić information content (AvgIpc) is 3.42. The Morgan fingerprint density at radius 2 is 1.84 bits per heavy atom. The van der Waals surface area contributed by atoms with Crippen LogP contribution in [-0.2, 0) is 35.4 Å². The van der Waals surface area contributed by atoms with Gasteiger partial charge in [0.15, 0.2) is 0 Å². The molecule has 1 aliphatic carbocycles. The van der Waals surface area contributed by atoms with Gasteiger partial charge >= 0.3 is 5.97 Å². The smallest absolute Gasteiger partial charge is 0.373 e. The van der Waals surface area contributed by atoms with Crippen LogP contribution < -0.4 is 4.74 Å². The standard InChI is InChI=1S/C33H35NO8S/c1-3-18-41-33(36)31-21-24(28-9-6-10-29-27-8-5-4-7-23(27)20-30(28)29)22-32(42-31)40-19-16-34(15-17-35)43(37,38)26-13-11-25(39-2)12-14-26/h3-14,21,24,32,35H,1,15-20,22H2,2H3/t24-,32+/m0/s1. The number of aliphatic hydroxyl groups excluding tert-OH is 1. The second-order valence-electron chi connectivity index (χ2n) is 10.2. The van der Waals surface area contributed by atoms with Gasteiger partial charge in [0.2, 0.25) is 22.1 Å². The molecule has 226 valence electrons. The monoisotopic (exact) mass is 605 g/mol. The third-order valence-electron chi connectivity index (χ3n) is 7.57. The Balaban J connectivity index is 1.34. The second-order valence-corrected chi connectivity index (χ2v) is 12.1. The zero-order valence-corrected chi connectivity index (χ0v) is 24.8. The highest BCUT2D eigenvalue weighted by atomic mass is 32.2. The van der Waals surface area contributed by atoms with Gasteiger partial charge in [-0.05, 0) is 64.6 Å². The van der Waals surface area contributed by atoms with E-state index in [1.165, 1.54) is 47.6 Å². The van der Waals surface area contributed by atoms with E-state index >= 15 is 0 Å². The van der Waals surface area contributed by atoms with Crippen LogP contribution in [0.2, 0.25) is 0 Å². The van der Waals surface area contributed by atoms with E-state index in [1.807, 2.05) is 18.2 Å². The van der Waals surface area contributed by atoms with E-state index in [4.69, 9.17) is 18.9 Å². The summed E-state index contributed by atoms with van der Waals surface area (Å²) in [5, 5.41) is 9.59. The number of aliphatic hydroxyl groups is 1. The molecule has 0 fully saturated rings. The fourth-order valence-corrected chi connectivity index (χ4v) is 6.92. The van der Waals surface area contributed by atoms with Crippen molar-refractivity contribution < 1.29 is 37.3 Å². The molecule has 10 heteroatoms. The number of allylic oxidation sites excluding steroid dienone is 1. The van der Waals surface area contributed by atoms with Crippen molar-refractivity contribution in [2.24, 2.45) is 0 Å². The highest BCUT2D eigenvalue weighted by Gasteiger charge is 2.33. The molecular formula is C33H35NO8S. The molecule has 0 aromatic heterocycles. The highest BCUT2D eigenvalue weighted by Crippen LogP contribution is 2.43. The molecule has 0 unspecified atom stereocenters. The number of fused-ring (bicyclic) bond motifs is 3. The third kappa shape index (κ3) is 6.67. The van der Waals surface area contributed by atoms with Gasteiger partial charge in [0.1, 0.15) is 12.4 Å². The first-order valence-electron chi connectivity index (χ1n) is 14.1. The maximum atomic E-state index is 13.3. The number of sulfonamides is 1. The summed E-state index contributed by atoms with van der Waals surface area (Å²) >= 11 is 0. The predicted octanol–water partition coefficient (Wildman–Crippen LogP) is 4.41. The normalized spacial score (nSPS) is 17.4. The number of benzene rings is 3. The molecule has 3 aromatic carbocycles. The molecule has 0 amide bonds. The van der Waals surface area contributed by atoms with Crippen molar-refractivity contribution in [2.75, 3.05) is 40.0 Å². The lowest BCUT2D eigenvalue weighted by Gasteiger charge is -2.30. The molecule has 0 bridgehead atoms. The third-order valence-corrected chi connectivity index (χ3v) is 9.48. The summed E-state index contributed by atoms with van der Waals surface area (Å²) < 4.78 is 50.1. The lowest BCUT2D eigenvalue weighted by atomic mass is 9.87. The number of nitrogens with zero attached hydrogens (tertiary/aromatic N) is 1. The summed E-state index contributed by atoms with van der Waals surface area (Å²) in [6, 6.07) is 20.5. The summed E-state index contributed by atoms with van der Waals surface area (Å²) in [5.74, 6) is -0.262. The molecule has 9 nitrogen and oxygen atoms in total. The Kier molecular flexibility index (Phi) is 9.62. The molecule has 43 heavy (non-hydrogen) atoms. The quantitative estimate of drug-likeness (QED) is 0.176. The zero-order valence-electron chi connectivity index (χ0n) is 24.0. The van der Waals surface area contributed by atoms with Gasteiger partial charge in [-0.25, -0.2) is 13.2 Å². The van der Waals surface area contributed by atoms with E-state index in [9.17, 15) is 18.3 Å². The van der Waals surface area contributed by atoms with Crippen molar-refractivity contribution in [1.82, 2.24) is 4.31 Å². The van der Waals surface area contributed by atoms with E-state index in [1.54, 1.807) is 18.2 Å². The molecule has 0 saturated carbocycles. The lowest BCUT2D eigenvalue weighted by molar-refractivity contribution is -0.160. The van der Waals surface area contributed by atoms with Crippen molar-refractivity contribution in [3.63, 3.8) is 0 Å². The molecule has 2 aliphatic rings. The molecule has 0 radical (unpaired) electrons. The summed E-state index contributed by atoms with van der Waals surface area (Å²) in [6.45, 7) is 3.10. The van der Waals surface area contributed by atoms with Crippen molar-refractivity contribution in [3.8, 4) is 16.9 Å². The van der Waals surface area contributed by atoms with Crippen LogP contribution in [0.5, 0.6) is 5.75 Å². The fraction of sp³-hybridized carbons (Fsp3) is 0.303. The lowest BCUT2D eigenvalue weighted by Crippen LogP contribution is -2.37. The minimum Gasteiger partial charge on any atom is -0.497 e. The van der Waals surface area contributed by atoms with Crippen molar-refractivity contribution in [3.05, 3.63) is 108 Å². The number of rotatable bonds is 13. The Bertz CT molecular complexity index is 1600. The largest absolute Gasteiger partial charge is 0.497 e. The number of esters is 1. The van der Waals surface area contributed by atoms with E-state index in [-0.39, 0.29) is 49.5 Å². The Morgan fingerprint density at radius 1 is 1.07 bits per heavy atom. The molecule has 0 saturated heterocycles. The summed E-state index contributed by atoms with van der Waals surface area (Å²) in [5.41, 5.74) is 5.90. The maximum absolute atomic E-state index is 13.3. The topological polar surface area (TPSA) is 112 Å². The van der Waals surface area contributed by atoms with Crippen LogP contribution in [0.3, 0.4) is 0 Å². The van der Waals surface area contributed by atoms with Crippen LogP contribution in [0, 0.1) is 0 Å². The molecule has 0 spiro atoms. The van der Waals surface area contributed by atoms with Crippen LogP contribution in [-0.4, -0.2) is 70.1 Å². The van der Waals surface area contributed by atoms with Crippen molar-refractivity contribution in [1.29, 1.82) is 0 Å². The van der Waals surface area contributed by atoms with Gasteiger partial charge in [-0.15, -0.1) is 0 Å². The van der Waals surface area contributed by atoms with Crippen LogP contribution in [0.4, 0.5) is 0 Å². The number of hydrogen-bond acceptors (Lipinski definition) is 8. The Hall–Kier alpha value is -3.96. The average molecular weight is 606 g/mol. The minimum absolute atomic E-state index is 0.0277. The highest BCUT2D eigenvalue weighted by molar-refractivity contribution is 7.89. The molecule has 1 aliphatic heterocycles. The number of carbonyl (C=O) groups excluding carboxylic acids is 1. The Labute approximate surface area is 252 Å². The van der Waals surface area contributed by atoms with Gasteiger partial charge in [-0.3, -0.25) is 0 Å². The predicted molar refractivity (Wildman–Crippen MR) is 161 cm³/mol. The first-order chi connectivity index (χ1) is 20.8. The molecule has 1 heterocycles. The van der Waals surface area contributed by atoms with Crippen molar-refractivity contribution in [2.45, 2.75) is 29.9 Å². The van der Waals surface area contributed by atoms with Crippen LogP contribution in [0.15, 0.2) is 96.1 Å². The summed E-state index contributed by atoms with van der Waals surface area (Å²) in [4.78, 5) is 12.9. The van der Waals surface area contributed by atoms with Crippen molar-refractivity contribution >= 4 is 16.0 Å². The molecule has 5 rings (SSSR count). The number of carbonyl (C=O) groups is 1. The number of hydrogen-bond donors (Lipinski definition) is 1. The molecule has 3 aromatic rings. The van der Waals surface area contributed by atoms with Gasteiger partial charge in [0.05, 0.1) is 25.2 Å². The van der Waals surface area contributed by atoms with Gasteiger partial charge in [0.25, 0.3) is 0 Å². The molecule has 2 atom stereocenters. The van der Waals surface area contributed by atoms with Gasteiger partial charge < -0.3 is 24.1 Å². The van der Waals surface area contributed by atoms with E-state index in [0.29, 0.717) is 12.2 Å². The number of ether oxygens (including phenoxy) is 4. The van der Waals surface area contributed by atoms with E-state index in [2.05, 4.69) is 30.8 Å².